The standard InChI is InChI=1S/C24H25N3O2/c1-5-17-12-14-18(15-13-17)26-23(28)27-20-10-8-16-25-22(20)29-21-11-7-6-9-19(21)24(2,3)4/h5-16H,1H2,2-4H3,(H2,26,27,28). The molecule has 0 radical (unpaired) electrons. The minimum Gasteiger partial charge on any atom is -0.437 e. The number of amides is 2. The maximum absolute atomic E-state index is 12.4. The van der Waals surface area contributed by atoms with Crippen LogP contribution in [0.5, 0.6) is 11.6 Å². The van der Waals surface area contributed by atoms with Gasteiger partial charge in [0.25, 0.3) is 0 Å². The van der Waals surface area contributed by atoms with E-state index in [1.165, 1.54) is 0 Å². The van der Waals surface area contributed by atoms with Crippen LogP contribution in [0.1, 0.15) is 31.9 Å². The zero-order valence-corrected chi connectivity index (χ0v) is 16.9. The molecule has 1 heterocycles. The molecule has 3 aromatic rings. The van der Waals surface area contributed by atoms with E-state index in [1.54, 1.807) is 24.4 Å². The van der Waals surface area contributed by atoms with Crippen LogP contribution in [0.3, 0.4) is 0 Å². The summed E-state index contributed by atoms with van der Waals surface area (Å²) in [7, 11) is 0. The van der Waals surface area contributed by atoms with Crippen molar-refractivity contribution in [3.05, 3.63) is 84.6 Å². The molecule has 5 heteroatoms. The van der Waals surface area contributed by atoms with Crippen LogP contribution in [-0.2, 0) is 5.41 Å². The van der Waals surface area contributed by atoms with Gasteiger partial charge in [-0.1, -0.05) is 63.8 Å². The van der Waals surface area contributed by atoms with Crippen LogP contribution in [-0.4, -0.2) is 11.0 Å². The first-order valence-corrected chi connectivity index (χ1v) is 9.40. The molecule has 2 amide bonds. The zero-order chi connectivity index (χ0) is 20.9. The van der Waals surface area contributed by atoms with E-state index in [0.717, 1.165) is 11.1 Å². The van der Waals surface area contributed by atoms with Gasteiger partial charge in [-0.25, -0.2) is 9.78 Å². The van der Waals surface area contributed by atoms with Crippen molar-refractivity contribution >= 4 is 23.5 Å². The average Bonchev–Trinajstić information content (AvgIpc) is 2.69. The minimum atomic E-state index is -0.377. The Hall–Kier alpha value is -3.60. The maximum atomic E-state index is 12.4. The topological polar surface area (TPSA) is 63.2 Å². The number of hydrogen-bond acceptors (Lipinski definition) is 3. The lowest BCUT2D eigenvalue weighted by molar-refractivity contribution is 0.262. The van der Waals surface area contributed by atoms with Crippen LogP contribution >= 0.6 is 0 Å². The Bertz CT molecular complexity index is 1010. The van der Waals surface area contributed by atoms with Gasteiger partial charge in [0, 0.05) is 17.4 Å². The molecule has 0 aliphatic heterocycles. The molecule has 148 valence electrons. The first-order chi connectivity index (χ1) is 13.9. The van der Waals surface area contributed by atoms with E-state index in [2.05, 4.69) is 43.0 Å². The second kappa shape index (κ2) is 8.61. The summed E-state index contributed by atoms with van der Waals surface area (Å²) in [6, 6.07) is 18.3. The number of nitrogens with one attached hydrogen (secondary N) is 2. The van der Waals surface area contributed by atoms with E-state index in [0.29, 0.717) is 23.0 Å². The quantitative estimate of drug-likeness (QED) is 0.528. The van der Waals surface area contributed by atoms with E-state index in [-0.39, 0.29) is 11.4 Å². The molecule has 29 heavy (non-hydrogen) atoms. The lowest BCUT2D eigenvalue weighted by atomic mass is 9.86. The Morgan fingerprint density at radius 3 is 2.41 bits per heavy atom. The fraction of sp³-hybridized carbons (Fsp3) is 0.167. The van der Waals surface area contributed by atoms with E-state index >= 15 is 0 Å². The first kappa shape index (κ1) is 20.1. The van der Waals surface area contributed by atoms with Crippen molar-refractivity contribution < 1.29 is 9.53 Å². The van der Waals surface area contributed by atoms with Crippen molar-refractivity contribution in [1.82, 2.24) is 4.98 Å². The van der Waals surface area contributed by atoms with Gasteiger partial charge in [0.15, 0.2) is 0 Å². The molecule has 1 aromatic heterocycles. The summed E-state index contributed by atoms with van der Waals surface area (Å²) in [6.45, 7) is 10.1. The second-order valence-electron chi connectivity index (χ2n) is 7.61. The fourth-order valence-electron chi connectivity index (χ4n) is 2.83. The largest absolute Gasteiger partial charge is 0.437 e. The molecule has 2 N–H and O–H groups in total. The number of pyridine rings is 1. The molecule has 0 fully saturated rings. The van der Waals surface area contributed by atoms with Crippen molar-refractivity contribution in [3.63, 3.8) is 0 Å². The maximum Gasteiger partial charge on any atom is 0.323 e. The third-order valence-electron chi connectivity index (χ3n) is 4.33. The number of carbonyl (C=O) groups is 1. The number of para-hydroxylation sites is 1. The predicted octanol–water partition coefficient (Wildman–Crippen LogP) is 6.46. The van der Waals surface area contributed by atoms with Crippen LogP contribution in [0.4, 0.5) is 16.2 Å². The molecule has 2 aromatic carbocycles. The number of carbonyl (C=O) groups excluding carboxylic acids is 1. The van der Waals surface area contributed by atoms with E-state index in [1.807, 2.05) is 48.5 Å². The number of urea groups is 1. The van der Waals surface area contributed by atoms with E-state index in [4.69, 9.17) is 4.74 Å². The lowest BCUT2D eigenvalue weighted by Crippen LogP contribution is -2.20. The third-order valence-corrected chi connectivity index (χ3v) is 4.33. The summed E-state index contributed by atoms with van der Waals surface area (Å²) in [5.41, 5.74) is 3.11. The second-order valence-corrected chi connectivity index (χ2v) is 7.61. The highest BCUT2D eigenvalue weighted by atomic mass is 16.5. The Kier molecular flexibility index (Phi) is 5.98. The average molecular weight is 387 g/mol. The monoisotopic (exact) mass is 387 g/mol. The van der Waals surface area contributed by atoms with Gasteiger partial charge in [0.2, 0.25) is 5.88 Å². The van der Waals surface area contributed by atoms with Gasteiger partial charge >= 0.3 is 6.03 Å². The van der Waals surface area contributed by atoms with E-state index < -0.39 is 0 Å². The van der Waals surface area contributed by atoms with Gasteiger partial charge in [0.05, 0.1) is 0 Å². The number of aromatic nitrogens is 1. The molecule has 0 aliphatic carbocycles. The predicted molar refractivity (Wildman–Crippen MR) is 119 cm³/mol. The summed E-state index contributed by atoms with van der Waals surface area (Å²) in [5, 5.41) is 5.61. The van der Waals surface area contributed by atoms with Crippen molar-refractivity contribution in [2.45, 2.75) is 26.2 Å². The fourth-order valence-corrected chi connectivity index (χ4v) is 2.83. The van der Waals surface area contributed by atoms with Gasteiger partial charge in [-0.05, 0) is 41.3 Å². The number of anilines is 2. The smallest absolute Gasteiger partial charge is 0.323 e. The normalized spacial score (nSPS) is 10.9. The third kappa shape index (κ3) is 5.23. The van der Waals surface area contributed by atoms with Crippen molar-refractivity contribution in [2.75, 3.05) is 10.6 Å². The van der Waals surface area contributed by atoms with Gasteiger partial charge < -0.3 is 15.4 Å². The zero-order valence-electron chi connectivity index (χ0n) is 16.9. The highest BCUT2D eigenvalue weighted by Crippen LogP contribution is 2.35. The number of benzene rings is 2. The van der Waals surface area contributed by atoms with Crippen LogP contribution < -0.4 is 15.4 Å². The molecule has 0 unspecified atom stereocenters. The highest BCUT2D eigenvalue weighted by molar-refractivity contribution is 6.00. The molecule has 0 atom stereocenters. The Balaban J connectivity index is 1.77. The Morgan fingerprint density at radius 2 is 1.72 bits per heavy atom. The highest BCUT2D eigenvalue weighted by Gasteiger charge is 2.20. The Morgan fingerprint density at radius 1 is 1.00 bits per heavy atom. The molecular weight excluding hydrogens is 362 g/mol. The van der Waals surface area contributed by atoms with Crippen LogP contribution in [0.2, 0.25) is 0 Å². The minimum absolute atomic E-state index is 0.0893. The number of hydrogen-bond donors (Lipinski definition) is 2. The van der Waals surface area contributed by atoms with Crippen molar-refractivity contribution in [1.29, 1.82) is 0 Å². The van der Waals surface area contributed by atoms with E-state index in [9.17, 15) is 4.79 Å². The first-order valence-electron chi connectivity index (χ1n) is 9.40. The summed E-state index contributed by atoms with van der Waals surface area (Å²) in [4.78, 5) is 16.7. The van der Waals surface area contributed by atoms with Gasteiger partial charge in [0.1, 0.15) is 11.4 Å². The van der Waals surface area contributed by atoms with Gasteiger partial charge in [-0.3, -0.25) is 0 Å². The molecular formula is C24H25N3O2. The molecule has 0 saturated heterocycles. The van der Waals surface area contributed by atoms with Crippen LogP contribution in [0.15, 0.2) is 73.4 Å². The van der Waals surface area contributed by atoms with Crippen molar-refractivity contribution in [2.24, 2.45) is 0 Å². The summed E-state index contributed by atoms with van der Waals surface area (Å²) in [5.74, 6) is 1.04. The van der Waals surface area contributed by atoms with Gasteiger partial charge in [-0.2, -0.15) is 0 Å². The molecule has 0 aliphatic rings. The summed E-state index contributed by atoms with van der Waals surface area (Å²) >= 11 is 0. The van der Waals surface area contributed by atoms with Gasteiger partial charge in [-0.15, -0.1) is 0 Å². The molecule has 3 rings (SSSR count). The molecule has 0 bridgehead atoms. The summed E-state index contributed by atoms with van der Waals surface area (Å²) < 4.78 is 6.08. The summed E-state index contributed by atoms with van der Waals surface area (Å²) in [6.07, 6.45) is 3.38. The number of ether oxygens (including phenoxy) is 1. The van der Waals surface area contributed by atoms with Crippen molar-refractivity contribution in [3.8, 4) is 11.6 Å². The lowest BCUT2D eigenvalue weighted by Gasteiger charge is -2.22. The Labute approximate surface area is 171 Å². The van der Waals surface area contributed by atoms with Crippen LogP contribution in [0, 0.1) is 0 Å². The SMILES string of the molecule is C=Cc1ccc(NC(=O)Nc2cccnc2Oc2ccccc2C(C)(C)C)cc1. The molecule has 0 saturated carbocycles. The molecule has 0 spiro atoms. The number of nitrogens with zero attached hydrogens (tertiary/aromatic N) is 1. The molecule has 5 nitrogen and oxygen atoms in total. The number of rotatable bonds is 5. The van der Waals surface area contributed by atoms with Crippen LogP contribution in [0.25, 0.3) is 6.08 Å².